The Bertz CT molecular complexity index is 1080. The molecule has 2 unspecified atom stereocenters. The third kappa shape index (κ3) is 10.5. The molecule has 0 heterocycles. The van der Waals surface area contributed by atoms with Crippen molar-refractivity contribution in [3.8, 4) is 0 Å². The van der Waals surface area contributed by atoms with Gasteiger partial charge in [0.1, 0.15) is 12.1 Å². The van der Waals surface area contributed by atoms with Crippen LogP contribution in [0.1, 0.15) is 24.0 Å². The number of hydrogen-bond donors (Lipinski definition) is 6. The molecule has 0 saturated carbocycles. The van der Waals surface area contributed by atoms with Crippen molar-refractivity contribution in [3.05, 3.63) is 71.8 Å². The Balaban J connectivity index is 2.19. The van der Waals surface area contributed by atoms with Gasteiger partial charge in [0.15, 0.2) is 0 Å². The number of carboxylic acid groups (broad SMARTS) is 2. The number of carbonyl (C=O) groups is 6. The zero-order chi connectivity index (χ0) is 28.9. The maximum Gasteiger partial charge on any atom is 0.405 e. The van der Waals surface area contributed by atoms with E-state index in [0.29, 0.717) is 11.1 Å². The van der Waals surface area contributed by atoms with Gasteiger partial charge in [0.25, 0.3) is 0 Å². The van der Waals surface area contributed by atoms with Crippen LogP contribution >= 0.6 is 0 Å². The standard InChI is InChI=1S/C26H30N4O9/c27-21(31)17(11-15-7-3-1-4-8-15)13-19(29-25(35)36)23(33)39-24(34)20(30-26(37)38)14-18(22(28)32)12-16-9-5-2-6-10-16/h1-10,17-20,29-30H,11-14H2,(H2,27,31)(H2,28,32)(H,35,36)(H,37,38)/t17?,18?,19-,20-/m0/s1. The van der Waals surface area contributed by atoms with Crippen LogP contribution in [0.5, 0.6) is 0 Å². The molecule has 2 aromatic carbocycles. The fraction of sp³-hybridized carbons (Fsp3) is 0.308. The smallest absolute Gasteiger partial charge is 0.405 e. The van der Waals surface area contributed by atoms with Gasteiger partial charge in [-0.1, -0.05) is 60.7 Å². The molecular formula is C26H30N4O9. The van der Waals surface area contributed by atoms with Gasteiger partial charge >= 0.3 is 24.1 Å². The fourth-order valence-corrected chi connectivity index (χ4v) is 3.93. The highest BCUT2D eigenvalue weighted by molar-refractivity contribution is 5.94. The number of amides is 4. The minimum absolute atomic E-state index is 0.0815. The molecule has 208 valence electrons. The van der Waals surface area contributed by atoms with E-state index in [9.17, 15) is 39.0 Å². The molecule has 39 heavy (non-hydrogen) atoms. The molecule has 0 aliphatic heterocycles. The summed E-state index contributed by atoms with van der Waals surface area (Å²) < 4.78 is 4.80. The van der Waals surface area contributed by atoms with E-state index in [2.05, 4.69) is 0 Å². The van der Waals surface area contributed by atoms with E-state index < -0.39 is 72.7 Å². The van der Waals surface area contributed by atoms with E-state index in [1.54, 1.807) is 60.7 Å². The number of hydrogen-bond acceptors (Lipinski definition) is 7. The molecule has 0 fully saturated rings. The lowest BCUT2D eigenvalue weighted by Crippen LogP contribution is -2.49. The van der Waals surface area contributed by atoms with Crippen LogP contribution < -0.4 is 22.1 Å². The molecule has 0 saturated heterocycles. The molecule has 2 rings (SSSR count). The molecule has 13 heteroatoms. The Morgan fingerprint density at radius 3 is 1.26 bits per heavy atom. The average Bonchev–Trinajstić information content (AvgIpc) is 2.87. The van der Waals surface area contributed by atoms with Crippen molar-refractivity contribution >= 4 is 35.9 Å². The summed E-state index contributed by atoms with van der Waals surface area (Å²) in [6, 6.07) is 13.9. The number of nitrogens with two attached hydrogens (primary N) is 2. The van der Waals surface area contributed by atoms with Crippen molar-refractivity contribution in [3.63, 3.8) is 0 Å². The van der Waals surface area contributed by atoms with Crippen LogP contribution in [0, 0.1) is 11.8 Å². The van der Waals surface area contributed by atoms with Crippen molar-refractivity contribution in [1.82, 2.24) is 10.6 Å². The molecule has 0 bridgehead atoms. The van der Waals surface area contributed by atoms with Crippen molar-refractivity contribution in [2.45, 2.75) is 37.8 Å². The minimum atomic E-state index is -1.69. The monoisotopic (exact) mass is 542 g/mol. The third-order valence-corrected chi connectivity index (χ3v) is 5.86. The number of esters is 2. The molecule has 0 aliphatic rings. The van der Waals surface area contributed by atoms with E-state index in [-0.39, 0.29) is 12.8 Å². The summed E-state index contributed by atoms with van der Waals surface area (Å²) in [4.78, 5) is 72.4. The molecule has 0 aliphatic carbocycles. The van der Waals surface area contributed by atoms with Gasteiger partial charge < -0.3 is 37.1 Å². The third-order valence-electron chi connectivity index (χ3n) is 5.86. The summed E-state index contributed by atoms with van der Waals surface area (Å²) in [7, 11) is 0. The maximum atomic E-state index is 12.8. The first kappa shape index (κ1) is 30.3. The first-order valence-electron chi connectivity index (χ1n) is 11.9. The van der Waals surface area contributed by atoms with E-state index in [4.69, 9.17) is 16.2 Å². The molecule has 0 spiro atoms. The van der Waals surface area contributed by atoms with Crippen LogP contribution in [-0.4, -0.2) is 58.2 Å². The van der Waals surface area contributed by atoms with Crippen molar-refractivity contribution < 1.29 is 43.7 Å². The van der Waals surface area contributed by atoms with Crippen molar-refractivity contribution in [2.75, 3.05) is 0 Å². The van der Waals surface area contributed by atoms with E-state index in [0.717, 1.165) is 0 Å². The Kier molecular flexibility index (Phi) is 11.4. The lowest BCUT2D eigenvalue weighted by molar-refractivity contribution is -0.163. The van der Waals surface area contributed by atoms with Crippen LogP contribution in [0.3, 0.4) is 0 Å². The summed E-state index contributed by atoms with van der Waals surface area (Å²) in [5, 5.41) is 22.2. The number of rotatable bonds is 14. The maximum absolute atomic E-state index is 12.8. The number of benzene rings is 2. The Morgan fingerprint density at radius 1 is 0.641 bits per heavy atom. The second kappa shape index (κ2) is 14.7. The highest BCUT2D eigenvalue weighted by atomic mass is 16.6. The van der Waals surface area contributed by atoms with E-state index in [1.807, 2.05) is 10.6 Å². The van der Waals surface area contributed by atoms with Gasteiger partial charge in [-0.25, -0.2) is 19.2 Å². The van der Waals surface area contributed by atoms with Gasteiger partial charge in [0, 0.05) is 11.8 Å². The molecule has 8 N–H and O–H groups in total. The SMILES string of the molecule is NC(=O)C(Cc1ccccc1)C[C@H](NC(=O)O)C(=O)OC(=O)[C@H](CC(Cc1ccccc1)C(N)=O)NC(=O)O. The first-order valence-corrected chi connectivity index (χ1v) is 11.9. The lowest BCUT2D eigenvalue weighted by Gasteiger charge is -2.23. The topological polar surface area (TPSA) is 228 Å². The van der Waals surface area contributed by atoms with E-state index >= 15 is 0 Å². The average molecular weight is 543 g/mol. The summed E-state index contributed by atoms with van der Waals surface area (Å²) in [5.41, 5.74) is 12.3. The lowest BCUT2D eigenvalue weighted by atomic mass is 9.91. The second-order valence-electron chi connectivity index (χ2n) is 8.79. The van der Waals surface area contributed by atoms with Gasteiger partial charge in [-0.05, 0) is 36.8 Å². The van der Waals surface area contributed by atoms with Gasteiger partial charge in [-0.2, -0.15) is 0 Å². The first-order chi connectivity index (χ1) is 18.5. The zero-order valence-electron chi connectivity index (χ0n) is 20.8. The quantitative estimate of drug-likeness (QED) is 0.146. The summed E-state index contributed by atoms with van der Waals surface area (Å²) >= 11 is 0. The largest absolute Gasteiger partial charge is 0.465 e. The fourth-order valence-electron chi connectivity index (χ4n) is 3.93. The van der Waals surface area contributed by atoms with Gasteiger partial charge in [-0.3, -0.25) is 9.59 Å². The van der Waals surface area contributed by atoms with Crippen LogP contribution in [0.15, 0.2) is 60.7 Å². The molecular weight excluding hydrogens is 512 g/mol. The molecule has 13 nitrogen and oxygen atoms in total. The number of carbonyl (C=O) groups excluding carboxylic acids is 4. The summed E-state index contributed by atoms with van der Waals surface area (Å²) in [6.45, 7) is 0. The number of nitrogens with one attached hydrogen (secondary N) is 2. The second-order valence-corrected chi connectivity index (χ2v) is 8.79. The van der Waals surface area contributed by atoms with Crippen LogP contribution in [-0.2, 0) is 36.8 Å². The summed E-state index contributed by atoms with van der Waals surface area (Å²) in [5.74, 6) is -6.40. The number of ether oxygens (including phenoxy) is 1. The molecule has 4 amide bonds. The van der Waals surface area contributed by atoms with Gasteiger partial charge in [-0.15, -0.1) is 0 Å². The highest BCUT2D eigenvalue weighted by Crippen LogP contribution is 2.18. The predicted octanol–water partition coefficient (Wildman–Crippen LogP) is 0.797. The van der Waals surface area contributed by atoms with Crippen molar-refractivity contribution in [1.29, 1.82) is 0 Å². The zero-order valence-corrected chi connectivity index (χ0v) is 20.8. The molecule has 0 aromatic heterocycles. The Morgan fingerprint density at radius 2 is 0.974 bits per heavy atom. The number of primary amides is 2. The Labute approximate surface area is 223 Å². The van der Waals surface area contributed by atoms with Crippen LogP contribution in [0.25, 0.3) is 0 Å². The molecule has 0 radical (unpaired) electrons. The normalized spacial score (nSPS) is 13.6. The molecule has 4 atom stereocenters. The highest BCUT2D eigenvalue weighted by Gasteiger charge is 2.34. The minimum Gasteiger partial charge on any atom is -0.465 e. The van der Waals surface area contributed by atoms with E-state index in [1.165, 1.54) is 0 Å². The van der Waals surface area contributed by atoms with Crippen LogP contribution in [0.4, 0.5) is 9.59 Å². The van der Waals surface area contributed by atoms with Crippen LogP contribution in [0.2, 0.25) is 0 Å². The Hall–Kier alpha value is -4.94. The van der Waals surface area contributed by atoms with Gasteiger partial charge in [0.05, 0.1) is 0 Å². The predicted molar refractivity (Wildman–Crippen MR) is 136 cm³/mol. The van der Waals surface area contributed by atoms with Gasteiger partial charge in [0.2, 0.25) is 11.8 Å². The summed E-state index contributed by atoms with van der Waals surface area (Å²) in [6.07, 6.45) is -3.97. The van der Waals surface area contributed by atoms with Crippen molar-refractivity contribution in [2.24, 2.45) is 23.3 Å². The molecule has 2 aromatic rings.